The lowest BCUT2D eigenvalue weighted by molar-refractivity contribution is -0.124. The summed E-state index contributed by atoms with van der Waals surface area (Å²) in [5.41, 5.74) is 3.85. The average Bonchev–Trinajstić information content (AvgIpc) is 3.10. The van der Waals surface area contributed by atoms with E-state index in [1.165, 1.54) is 12.1 Å². The molecule has 10 heteroatoms. The number of carbonyl (C=O) groups is 1. The van der Waals surface area contributed by atoms with Crippen LogP contribution in [0.25, 0.3) is 0 Å². The quantitative estimate of drug-likeness (QED) is 0.367. The molecule has 1 aromatic heterocycles. The van der Waals surface area contributed by atoms with Crippen molar-refractivity contribution in [2.75, 3.05) is 6.61 Å². The van der Waals surface area contributed by atoms with E-state index >= 15 is 0 Å². The molecule has 148 valence electrons. The van der Waals surface area contributed by atoms with E-state index in [0.717, 1.165) is 11.1 Å². The summed E-state index contributed by atoms with van der Waals surface area (Å²) in [6.07, 6.45) is 2.06. The molecule has 1 heterocycles. The number of aliphatic hydroxyl groups is 1. The molecule has 3 N–H and O–H groups in total. The van der Waals surface area contributed by atoms with Crippen LogP contribution in [0.2, 0.25) is 0 Å². The third kappa shape index (κ3) is 3.60. The van der Waals surface area contributed by atoms with Gasteiger partial charge in [-0.1, -0.05) is 6.07 Å². The Morgan fingerprint density at radius 1 is 1.39 bits per heavy atom. The van der Waals surface area contributed by atoms with Gasteiger partial charge in [-0.2, -0.15) is 0 Å². The van der Waals surface area contributed by atoms with Gasteiger partial charge in [0.25, 0.3) is 5.88 Å². The van der Waals surface area contributed by atoms with Crippen LogP contribution in [0, 0.1) is 11.7 Å². The number of nitrogens with one attached hydrogen (secondary N) is 1. The maximum Gasteiger partial charge on any atom is 0.287 e. The van der Waals surface area contributed by atoms with E-state index < -0.39 is 6.61 Å². The molecule has 9 nitrogen and oxygen atoms in total. The Kier molecular flexibility index (Phi) is 5.05. The van der Waals surface area contributed by atoms with Gasteiger partial charge in [-0.05, 0) is 58.8 Å². The van der Waals surface area contributed by atoms with E-state index in [-0.39, 0.29) is 47.1 Å². The number of benzene rings is 1. The number of hydroxylamine groups is 1. The number of Topliss-reactive ketones (excluding diaryl/α,β-unsaturated/α-hetero) is 1. The van der Waals surface area contributed by atoms with Crippen LogP contribution in [0.1, 0.15) is 42.1 Å². The molecule has 4 rings (SSSR count). The number of ether oxygens (including phenoxy) is 1. The maximum absolute atomic E-state index is 13.4. The first-order valence-corrected chi connectivity index (χ1v) is 8.95. The number of hydrogen-bond donors (Lipinski definition) is 3. The van der Waals surface area contributed by atoms with E-state index in [0.29, 0.717) is 25.7 Å². The summed E-state index contributed by atoms with van der Waals surface area (Å²) in [4.78, 5) is 15.6. The first-order valence-electron chi connectivity index (χ1n) is 8.95. The van der Waals surface area contributed by atoms with E-state index in [1.54, 1.807) is 6.07 Å². The van der Waals surface area contributed by atoms with Crippen molar-refractivity contribution in [1.29, 1.82) is 0 Å². The molecule has 1 saturated carbocycles. The molecule has 0 radical (unpaired) electrons. The summed E-state index contributed by atoms with van der Waals surface area (Å²) in [5.74, 6) is -0.274. The van der Waals surface area contributed by atoms with Gasteiger partial charge in [0.15, 0.2) is 11.6 Å². The average molecular weight is 390 g/mol. The van der Waals surface area contributed by atoms with Gasteiger partial charge >= 0.3 is 0 Å². The normalized spacial score (nSPS) is 23.4. The fourth-order valence-electron chi connectivity index (χ4n) is 3.55. The molecule has 2 aliphatic carbocycles. The van der Waals surface area contributed by atoms with Gasteiger partial charge in [-0.25, -0.2) is 9.02 Å². The minimum atomic E-state index is -0.449. The Morgan fingerprint density at radius 2 is 2.21 bits per heavy atom. The van der Waals surface area contributed by atoms with Crippen LogP contribution >= 0.6 is 0 Å². The second kappa shape index (κ2) is 7.64. The number of hydrogen-bond acceptors (Lipinski definition) is 8. The Hall–Kier alpha value is -2.85. The molecule has 1 atom stereocenters. The molecule has 0 unspecified atom stereocenters. The molecule has 0 spiro atoms. The minimum absolute atomic E-state index is 0.0162. The van der Waals surface area contributed by atoms with E-state index in [1.807, 2.05) is 5.48 Å². The Labute approximate surface area is 159 Å². The SMILES string of the molecule is O=C(CO)CC1CC(Oc2nonc2C(=N[C@H]2Cc3ccc(F)cc32)NO)C1. The Bertz CT molecular complexity index is 909. The van der Waals surface area contributed by atoms with Crippen molar-refractivity contribution >= 4 is 11.6 Å². The van der Waals surface area contributed by atoms with Crippen molar-refractivity contribution in [3.63, 3.8) is 0 Å². The fourth-order valence-corrected chi connectivity index (χ4v) is 3.55. The van der Waals surface area contributed by atoms with Crippen molar-refractivity contribution in [3.8, 4) is 5.88 Å². The summed E-state index contributed by atoms with van der Waals surface area (Å²) in [6.45, 7) is -0.449. The van der Waals surface area contributed by atoms with E-state index in [9.17, 15) is 14.4 Å². The minimum Gasteiger partial charge on any atom is -0.470 e. The second-order valence-electron chi connectivity index (χ2n) is 7.05. The van der Waals surface area contributed by atoms with Crippen LogP contribution in [-0.2, 0) is 11.2 Å². The topological polar surface area (TPSA) is 130 Å². The van der Waals surface area contributed by atoms with Crippen LogP contribution in [0.5, 0.6) is 5.88 Å². The van der Waals surface area contributed by atoms with Gasteiger partial charge in [-0.15, -0.1) is 0 Å². The summed E-state index contributed by atoms with van der Waals surface area (Å²) >= 11 is 0. The molecule has 28 heavy (non-hydrogen) atoms. The largest absolute Gasteiger partial charge is 0.470 e. The molecular formula is C18H19FN4O5. The first-order chi connectivity index (χ1) is 13.6. The first kappa shape index (κ1) is 18.5. The van der Waals surface area contributed by atoms with Crippen molar-refractivity contribution in [2.45, 2.75) is 37.8 Å². The number of amidine groups is 1. The number of aliphatic hydroxyl groups excluding tert-OH is 1. The molecule has 2 aliphatic rings. The zero-order valence-electron chi connectivity index (χ0n) is 14.8. The zero-order valence-corrected chi connectivity index (χ0v) is 14.8. The number of nitrogens with zero attached hydrogens (tertiary/aromatic N) is 3. The van der Waals surface area contributed by atoms with Crippen molar-refractivity contribution in [1.82, 2.24) is 15.8 Å². The van der Waals surface area contributed by atoms with Gasteiger partial charge < -0.3 is 9.84 Å². The maximum atomic E-state index is 13.4. The number of aromatic nitrogens is 2. The second-order valence-corrected chi connectivity index (χ2v) is 7.05. The number of ketones is 1. The summed E-state index contributed by atoms with van der Waals surface area (Å²) < 4.78 is 23.9. The smallest absolute Gasteiger partial charge is 0.287 e. The van der Waals surface area contributed by atoms with Crippen LogP contribution < -0.4 is 10.2 Å². The summed E-state index contributed by atoms with van der Waals surface area (Å²) in [5, 5.41) is 25.7. The Balaban J connectivity index is 1.42. The van der Waals surface area contributed by atoms with E-state index in [2.05, 4.69) is 15.3 Å². The predicted octanol–water partition coefficient (Wildman–Crippen LogP) is 1.34. The van der Waals surface area contributed by atoms with Gasteiger partial charge in [0.05, 0.1) is 6.04 Å². The number of fused-ring (bicyclic) bond motifs is 1. The molecule has 0 amide bonds. The molecule has 1 aromatic carbocycles. The van der Waals surface area contributed by atoms with Crippen molar-refractivity contribution < 1.29 is 28.9 Å². The monoisotopic (exact) mass is 390 g/mol. The highest BCUT2D eigenvalue weighted by Crippen LogP contribution is 2.37. The third-order valence-electron chi connectivity index (χ3n) is 5.12. The lowest BCUT2D eigenvalue weighted by Crippen LogP contribution is -2.36. The van der Waals surface area contributed by atoms with Crippen LogP contribution in [-0.4, -0.2) is 45.0 Å². The number of halogens is 1. The predicted molar refractivity (Wildman–Crippen MR) is 92.5 cm³/mol. The van der Waals surface area contributed by atoms with Crippen LogP contribution in [0.15, 0.2) is 27.8 Å². The summed E-state index contributed by atoms with van der Waals surface area (Å²) in [7, 11) is 0. The van der Waals surface area contributed by atoms with Gasteiger partial charge in [0.1, 0.15) is 18.5 Å². The van der Waals surface area contributed by atoms with Crippen LogP contribution in [0.4, 0.5) is 4.39 Å². The number of carbonyl (C=O) groups excluding carboxylic acids is 1. The fraction of sp³-hybridized carbons (Fsp3) is 0.444. The zero-order chi connectivity index (χ0) is 19.7. The molecule has 0 saturated heterocycles. The molecule has 0 aliphatic heterocycles. The standard InChI is InChI=1S/C18H19FN4O5/c19-11-2-1-10-6-15(14(10)7-11)20-17(21-26)16-18(23-28-22-16)27-13-4-9(5-13)3-12(25)8-24/h1-2,7,9,13,15,24,26H,3-6,8H2,(H,20,21)/t9?,13?,15-/m0/s1. The number of rotatable bonds is 7. The molecular weight excluding hydrogens is 371 g/mol. The Morgan fingerprint density at radius 3 is 2.96 bits per heavy atom. The van der Waals surface area contributed by atoms with Crippen molar-refractivity contribution in [3.05, 3.63) is 40.8 Å². The van der Waals surface area contributed by atoms with E-state index in [4.69, 9.17) is 14.5 Å². The molecule has 2 aromatic rings. The van der Waals surface area contributed by atoms with Gasteiger partial charge in [-0.3, -0.25) is 20.5 Å². The summed E-state index contributed by atoms with van der Waals surface area (Å²) in [6, 6.07) is 4.21. The highest BCUT2D eigenvalue weighted by Gasteiger charge is 2.34. The van der Waals surface area contributed by atoms with Gasteiger partial charge in [0, 0.05) is 6.42 Å². The number of aliphatic imine (C=N–C) groups is 1. The highest BCUT2D eigenvalue weighted by molar-refractivity contribution is 5.98. The highest BCUT2D eigenvalue weighted by atomic mass is 19.1. The van der Waals surface area contributed by atoms with Gasteiger partial charge in [0.2, 0.25) is 5.69 Å². The van der Waals surface area contributed by atoms with Crippen molar-refractivity contribution in [2.24, 2.45) is 10.9 Å². The molecule has 1 fully saturated rings. The van der Waals surface area contributed by atoms with Crippen LogP contribution in [0.3, 0.4) is 0 Å². The molecule has 0 bridgehead atoms. The lowest BCUT2D eigenvalue weighted by Gasteiger charge is -2.34. The third-order valence-corrected chi connectivity index (χ3v) is 5.12. The lowest BCUT2D eigenvalue weighted by atomic mass is 9.79.